The zero-order valence-electron chi connectivity index (χ0n) is 10.3. The van der Waals surface area contributed by atoms with Crippen molar-refractivity contribution < 1.29 is 0 Å². The molecule has 0 aliphatic heterocycles. The van der Waals surface area contributed by atoms with Gasteiger partial charge in [0.15, 0.2) is 0 Å². The normalized spacial score (nSPS) is 12.6. The van der Waals surface area contributed by atoms with E-state index in [0.29, 0.717) is 0 Å². The Labute approximate surface area is 120 Å². The lowest BCUT2D eigenvalue weighted by Crippen LogP contribution is -2.29. The number of thiophene rings is 1. The molecule has 0 saturated carbocycles. The van der Waals surface area contributed by atoms with Gasteiger partial charge < -0.3 is 0 Å². The fourth-order valence-electron chi connectivity index (χ4n) is 1.92. The summed E-state index contributed by atoms with van der Waals surface area (Å²) >= 11 is 5.23. The fraction of sp³-hybridized carbons (Fsp3) is 0.286. The van der Waals surface area contributed by atoms with Crippen molar-refractivity contribution in [1.29, 1.82) is 0 Å². The second-order valence-corrected chi connectivity index (χ2v) is 6.16. The molecule has 18 heavy (non-hydrogen) atoms. The van der Waals surface area contributed by atoms with Gasteiger partial charge in [-0.3, -0.25) is 11.3 Å². The minimum atomic E-state index is 0.168. The van der Waals surface area contributed by atoms with Crippen molar-refractivity contribution in [1.82, 2.24) is 5.43 Å². The minimum absolute atomic E-state index is 0.168. The summed E-state index contributed by atoms with van der Waals surface area (Å²) in [4.78, 5) is 1.32. The summed E-state index contributed by atoms with van der Waals surface area (Å²) in [5.74, 6) is 5.67. The molecule has 2 nitrogen and oxygen atoms in total. The smallest absolute Gasteiger partial charge is 0.0508 e. The molecular formula is C14H17BrN2S. The summed E-state index contributed by atoms with van der Waals surface area (Å²) < 4.78 is 1.14. The van der Waals surface area contributed by atoms with Gasteiger partial charge >= 0.3 is 0 Å². The highest BCUT2D eigenvalue weighted by molar-refractivity contribution is 9.10. The molecule has 0 fully saturated rings. The highest BCUT2D eigenvalue weighted by Gasteiger charge is 2.11. The number of hydrogen-bond donors (Lipinski definition) is 2. The van der Waals surface area contributed by atoms with Gasteiger partial charge in [-0.2, -0.15) is 0 Å². The standard InChI is InChI=1S/C14H17BrN2S/c1-2-10-3-5-11(6-4-10)14(17-16)8-13-7-12(15)9-18-13/h3-7,9,14,17H,2,8,16H2,1H3. The second-order valence-electron chi connectivity index (χ2n) is 4.25. The maximum atomic E-state index is 5.67. The lowest BCUT2D eigenvalue weighted by Gasteiger charge is -2.15. The van der Waals surface area contributed by atoms with Crippen molar-refractivity contribution in [3.05, 3.63) is 56.2 Å². The molecular weight excluding hydrogens is 308 g/mol. The molecule has 1 aromatic heterocycles. The van der Waals surface area contributed by atoms with E-state index in [0.717, 1.165) is 17.3 Å². The number of hydrazine groups is 1. The minimum Gasteiger partial charge on any atom is -0.271 e. The van der Waals surface area contributed by atoms with Crippen LogP contribution in [0.4, 0.5) is 0 Å². The van der Waals surface area contributed by atoms with Crippen molar-refractivity contribution in [2.45, 2.75) is 25.8 Å². The highest BCUT2D eigenvalue weighted by atomic mass is 79.9. The zero-order chi connectivity index (χ0) is 13.0. The lowest BCUT2D eigenvalue weighted by atomic mass is 10.0. The van der Waals surface area contributed by atoms with Gasteiger partial charge in [-0.15, -0.1) is 11.3 Å². The Morgan fingerprint density at radius 2 is 2.06 bits per heavy atom. The maximum absolute atomic E-state index is 5.67. The summed E-state index contributed by atoms with van der Waals surface area (Å²) in [6.07, 6.45) is 1.98. The van der Waals surface area contributed by atoms with E-state index in [9.17, 15) is 0 Å². The van der Waals surface area contributed by atoms with E-state index in [4.69, 9.17) is 5.84 Å². The number of nitrogens with two attached hydrogens (primary N) is 1. The first-order valence-corrected chi connectivity index (χ1v) is 7.68. The molecule has 1 aromatic carbocycles. The average molecular weight is 325 g/mol. The van der Waals surface area contributed by atoms with Gasteiger partial charge in [-0.25, -0.2) is 0 Å². The van der Waals surface area contributed by atoms with Crippen LogP contribution in [0.5, 0.6) is 0 Å². The molecule has 4 heteroatoms. The van der Waals surface area contributed by atoms with Crippen LogP contribution in [0.2, 0.25) is 0 Å². The Balaban J connectivity index is 2.12. The number of rotatable bonds is 5. The molecule has 3 N–H and O–H groups in total. The van der Waals surface area contributed by atoms with Gasteiger partial charge in [0.05, 0.1) is 6.04 Å². The monoisotopic (exact) mass is 324 g/mol. The second kappa shape index (κ2) is 6.48. The van der Waals surface area contributed by atoms with Gasteiger partial charge in [0.1, 0.15) is 0 Å². The first kappa shape index (κ1) is 13.7. The van der Waals surface area contributed by atoms with Crippen molar-refractivity contribution in [2.24, 2.45) is 5.84 Å². The predicted octanol–water partition coefficient (Wildman–Crippen LogP) is 3.82. The van der Waals surface area contributed by atoms with Crippen molar-refractivity contribution in [3.63, 3.8) is 0 Å². The van der Waals surface area contributed by atoms with Gasteiger partial charge in [0, 0.05) is 21.2 Å². The van der Waals surface area contributed by atoms with E-state index in [1.807, 2.05) is 0 Å². The largest absolute Gasteiger partial charge is 0.271 e. The summed E-state index contributed by atoms with van der Waals surface area (Å²) in [6.45, 7) is 2.16. The van der Waals surface area contributed by atoms with Crippen LogP contribution in [-0.2, 0) is 12.8 Å². The number of halogens is 1. The molecule has 2 rings (SSSR count). The van der Waals surface area contributed by atoms with Crippen LogP contribution in [0.15, 0.2) is 40.2 Å². The van der Waals surface area contributed by atoms with Crippen LogP contribution in [0.3, 0.4) is 0 Å². The van der Waals surface area contributed by atoms with E-state index < -0.39 is 0 Å². The highest BCUT2D eigenvalue weighted by Crippen LogP contribution is 2.25. The summed E-state index contributed by atoms with van der Waals surface area (Å²) in [5, 5.41) is 2.10. The molecule has 1 heterocycles. The van der Waals surface area contributed by atoms with Gasteiger partial charge in [-0.05, 0) is 39.5 Å². The lowest BCUT2D eigenvalue weighted by molar-refractivity contribution is 0.555. The fourth-order valence-corrected chi connectivity index (χ4v) is 3.42. The summed E-state index contributed by atoms with van der Waals surface area (Å²) in [7, 11) is 0. The molecule has 1 atom stereocenters. The van der Waals surface area contributed by atoms with Crippen molar-refractivity contribution in [2.75, 3.05) is 0 Å². The summed E-state index contributed by atoms with van der Waals surface area (Å²) in [5.41, 5.74) is 5.50. The molecule has 0 bridgehead atoms. The third-order valence-corrected chi connectivity index (χ3v) is 4.74. The van der Waals surface area contributed by atoms with Gasteiger partial charge in [0.25, 0.3) is 0 Å². The Kier molecular flexibility index (Phi) is 4.95. The van der Waals surface area contributed by atoms with E-state index in [1.165, 1.54) is 16.0 Å². The Morgan fingerprint density at radius 3 is 2.56 bits per heavy atom. The molecule has 0 aliphatic rings. The molecule has 96 valence electrons. The molecule has 0 saturated heterocycles. The van der Waals surface area contributed by atoms with Crippen LogP contribution in [0.25, 0.3) is 0 Å². The van der Waals surface area contributed by atoms with Gasteiger partial charge in [0.2, 0.25) is 0 Å². The van der Waals surface area contributed by atoms with Crippen LogP contribution in [-0.4, -0.2) is 0 Å². The number of nitrogens with one attached hydrogen (secondary N) is 1. The molecule has 1 unspecified atom stereocenters. The average Bonchev–Trinajstić information content (AvgIpc) is 2.82. The Morgan fingerprint density at radius 1 is 1.33 bits per heavy atom. The van der Waals surface area contributed by atoms with E-state index >= 15 is 0 Å². The first-order chi connectivity index (χ1) is 8.72. The molecule has 0 radical (unpaired) electrons. The van der Waals surface area contributed by atoms with Crippen molar-refractivity contribution in [3.8, 4) is 0 Å². The topological polar surface area (TPSA) is 38.0 Å². The molecule has 0 spiro atoms. The van der Waals surface area contributed by atoms with Crippen molar-refractivity contribution >= 4 is 27.3 Å². The number of benzene rings is 1. The SMILES string of the molecule is CCc1ccc(C(Cc2cc(Br)cs2)NN)cc1. The molecule has 2 aromatic rings. The predicted molar refractivity (Wildman–Crippen MR) is 81.6 cm³/mol. The first-order valence-electron chi connectivity index (χ1n) is 6.00. The van der Waals surface area contributed by atoms with Crippen LogP contribution in [0, 0.1) is 0 Å². The third kappa shape index (κ3) is 3.42. The molecule has 0 aliphatic carbocycles. The summed E-state index contributed by atoms with van der Waals surface area (Å²) in [6, 6.07) is 11.0. The van der Waals surface area contributed by atoms with Crippen LogP contribution >= 0.6 is 27.3 Å². The Bertz CT molecular complexity index is 493. The number of hydrogen-bond acceptors (Lipinski definition) is 3. The zero-order valence-corrected chi connectivity index (χ0v) is 12.7. The van der Waals surface area contributed by atoms with Crippen LogP contribution in [0.1, 0.15) is 29.0 Å². The number of aryl methyl sites for hydroxylation is 1. The Hall–Kier alpha value is -0.680. The third-order valence-electron chi connectivity index (χ3n) is 3.02. The van der Waals surface area contributed by atoms with Crippen LogP contribution < -0.4 is 11.3 Å². The van der Waals surface area contributed by atoms with E-state index in [-0.39, 0.29) is 6.04 Å². The quantitative estimate of drug-likeness (QED) is 0.648. The van der Waals surface area contributed by atoms with Gasteiger partial charge in [-0.1, -0.05) is 31.2 Å². The van der Waals surface area contributed by atoms with E-state index in [1.54, 1.807) is 11.3 Å². The molecule has 0 amide bonds. The maximum Gasteiger partial charge on any atom is 0.0508 e. The van der Waals surface area contributed by atoms with E-state index in [2.05, 4.69) is 64.0 Å².